The fourth-order valence-electron chi connectivity index (χ4n) is 3.28. The first-order valence-electron chi connectivity index (χ1n) is 8.31. The Balaban J connectivity index is 1.89. The molecule has 6 heteroatoms. The maximum Gasteiger partial charge on any atom is 0.337 e. The van der Waals surface area contributed by atoms with E-state index < -0.39 is 5.97 Å². The number of carbonyl (C=O) groups is 1. The number of carboxylic acid groups (broad SMARTS) is 1. The number of allylic oxidation sites excluding steroid dienone is 1. The molecule has 2 heterocycles. The van der Waals surface area contributed by atoms with Crippen molar-refractivity contribution in [3.63, 3.8) is 0 Å². The van der Waals surface area contributed by atoms with Crippen molar-refractivity contribution in [2.24, 2.45) is 0 Å². The first-order valence-corrected chi connectivity index (χ1v) is 8.31. The van der Waals surface area contributed by atoms with Gasteiger partial charge in [-0.25, -0.2) is 9.78 Å². The molecule has 0 radical (unpaired) electrons. The number of benzene rings is 1. The lowest BCUT2D eigenvalue weighted by Gasteiger charge is -2.18. The van der Waals surface area contributed by atoms with E-state index in [1.54, 1.807) is 18.2 Å². The van der Waals surface area contributed by atoms with Gasteiger partial charge in [-0.15, -0.1) is 0 Å². The summed E-state index contributed by atoms with van der Waals surface area (Å²) in [4.78, 5) is 28.6. The SMILES string of the molecule is O=C(O)c1ccc2nc3c(c(=O)n2c1)CCC/C3=C/c1ccc(O)cc1. The van der Waals surface area contributed by atoms with Crippen molar-refractivity contribution < 1.29 is 15.0 Å². The lowest BCUT2D eigenvalue weighted by atomic mass is 9.91. The van der Waals surface area contributed by atoms with Gasteiger partial charge in [-0.05, 0) is 60.7 Å². The summed E-state index contributed by atoms with van der Waals surface area (Å²) in [5.41, 5.74) is 3.45. The molecule has 0 atom stereocenters. The van der Waals surface area contributed by atoms with E-state index in [4.69, 9.17) is 5.11 Å². The van der Waals surface area contributed by atoms with Crippen molar-refractivity contribution in [3.8, 4) is 5.75 Å². The predicted molar refractivity (Wildman–Crippen MR) is 97.3 cm³/mol. The molecule has 1 aromatic carbocycles. The number of phenolic OH excluding ortho intramolecular Hbond substituents is 1. The Kier molecular flexibility index (Phi) is 3.80. The largest absolute Gasteiger partial charge is 0.508 e. The van der Waals surface area contributed by atoms with Crippen LogP contribution >= 0.6 is 0 Å². The molecule has 130 valence electrons. The average molecular weight is 348 g/mol. The van der Waals surface area contributed by atoms with Crippen LogP contribution in [0.1, 0.15) is 40.0 Å². The molecule has 2 aromatic heterocycles. The summed E-state index contributed by atoms with van der Waals surface area (Å²) in [5, 5.41) is 18.6. The molecule has 0 amide bonds. The summed E-state index contributed by atoms with van der Waals surface area (Å²) in [6, 6.07) is 9.85. The Morgan fingerprint density at radius 3 is 2.62 bits per heavy atom. The average Bonchev–Trinajstić information content (AvgIpc) is 2.64. The number of hydrogen-bond donors (Lipinski definition) is 2. The lowest BCUT2D eigenvalue weighted by molar-refractivity contribution is 0.0696. The van der Waals surface area contributed by atoms with Crippen molar-refractivity contribution in [3.05, 3.63) is 75.3 Å². The summed E-state index contributed by atoms with van der Waals surface area (Å²) >= 11 is 0. The number of aromatic carboxylic acids is 1. The Bertz CT molecular complexity index is 1110. The van der Waals surface area contributed by atoms with E-state index in [1.807, 2.05) is 18.2 Å². The van der Waals surface area contributed by atoms with Crippen molar-refractivity contribution in [2.45, 2.75) is 19.3 Å². The van der Waals surface area contributed by atoms with E-state index in [1.165, 1.54) is 16.7 Å². The first kappa shape index (κ1) is 16.1. The van der Waals surface area contributed by atoms with Crippen molar-refractivity contribution in [1.29, 1.82) is 0 Å². The lowest BCUT2D eigenvalue weighted by Crippen LogP contribution is -2.25. The second-order valence-corrected chi connectivity index (χ2v) is 6.31. The van der Waals surface area contributed by atoms with Crippen LogP contribution in [0.2, 0.25) is 0 Å². The van der Waals surface area contributed by atoms with Crippen LogP contribution in [0.4, 0.5) is 0 Å². The van der Waals surface area contributed by atoms with Gasteiger partial charge in [-0.2, -0.15) is 0 Å². The minimum Gasteiger partial charge on any atom is -0.508 e. The third-order valence-corrected chi connectivity index (χ3v) is 4.57. The van der Waals surface area contributed by atoms with Crippen LogP contribution in [0.25, 0.3) is 17.3 Å². The Labute approximate surface area is 148 Å². The van der Waals surface area contributed by atoms with E-state index in [2.05, 4.69) is 4.98 Å². The number of phenols is 1. The number of rotatable bonds is 2. The third-order valence-electron chi connectivity index (χ3n) is 4.57. The topological polar surface area (TPSA) is 91.9 Å². The summed E-state index contributed by atoms with van der Waals surface area (Å²) in [5.74, 6) is -0.878. The van der Waals surface area contributed by atoms with E-state index in [0.29, 0.717) is 23.3 Å². The van der Waals surface area contributed by atoms with Gasteiger partial charge in [0.1, 0.15) is 11.4 Å². The van der Waals surface area contributed by atoms with Gasteiger partial charge in [-0.3, -0.25) is 9.20 Å². The van der Waals surface area contributed by atoms with Crippen molar-refractivity contribution >= 4 is 23.3 Å². The van der Waals surface area contributed by atoms with Gasteiger partial charge in [-0.1, -0.05) is 12.1 Å². The second-order valence-electron chi connectivity index (χ2n) is 6.31. The Hall–Kier alpha value is -3.41. The number of aromatic hydroxyl groups is 1. The van der Waals surface area contributed by atoms with Gasteiger partial charge in [0.2, 0.25) is 0 Å². The molecule has 0 saturated carbocycles. The zero-order chi connectivity index (χ0) is 18.3. The molecular formula is C20H16N2O4. The van der Waals surface area contributed by atoms with Gasteiger partial charge in [0.25, 0.3) is 5.56 Å². The number of hydrogen-bond acceptors (Lipinski definition) is 4. The first-order chi connectivity index (χ1) is 12.5. The molecule has 0 spiro atoms. The molecular weight excluding hydrogens is 332 g/mol. The highest BCUT2D eigenvalue weighted by molar-refractivity contribution is 5.88. The van der Waals surface area contributed by atoms with Gasteiger partial charge in [0.15, 0.2) is 0 Å². The molecule has 2 N–H and O–H groups in total. The van der Waals surface area contributed by atoms with Gasteiger partial charge < -0.3 is 10.2 Å². The number of pyridine rings is 1. The molecule has 4 rings (SSSR count). The predicted octanol–water partition coefficient (Wildman–Crippen LogP) is 2.98. The molecule has 0 aliphatic heterocycles. The number of nitrogens with zero attached hydrogens (tertiary/aromatic N) is 2. The normalized spacial score (nSPS) is 15.2. The van der Waals surface area contributed by atoms with E-state index in [9.17, 15) is 14.7 Å². The van der Waals surface area contributed by atoms with E-state index in [0.717, 1.165) is 24.0 Å². The van der Waals surface area contributed by atoms with E-state index >= 15 is 0 Å². The molecule has 0 unspecified atom stereocenters. The second kappa shape index (κ2) is 6.15. The summed E-state index contributed by atoms with van der Waals surface area (Å²) < 4.78 is 1.31. The Morgan fingerprint density at radius 2 is 1.88 bits per heavy atom. The number of fused-ring (bicyclic) bond motifs is 2. The summed E-state index contributed by atoms with van der Waals surface area (Å²) in [6.07, 6.45) is 5.56. The van der Waals surface area contributed by atoms with Crippen molar-refractivity contribution in [1.82, 2.24) is 9.38 Å². The Morgan fingerprint density at radius 1 is 1.12 bits per heavy atom. The minimum atomic E-state index is -1.08. The van der Waals surface area contributed by atoms with Crippen LogP contribution in [0.15, 0.2) is 47.4 Å². The van der Waals surface area contributed by atoms with Crippen LogP contribution in [-0.2, 0) is 6.42 Å². The standard InChI is InChI=1S/C20H16N2O4/c23-15-7-4-12(5-8-15)10-13-2-1-3-16-18(13)21-17-9-6-14(20(25)26)11-22(17)19(16)24/h4-11,23H,1-3H2,(H,25,26)/b13-10-. The van der Waals surface area contributed by atoms with Crippen LogP contribution in [0.5, 0.6) is 5.75 Å². The third kappa shape index (κ3) is 2.75. The highest BCUT2D eigenvalue weighted by Crippen LogP contribution is 2.30. The maximum atomic E-state index is 12.9. The number of aromatic nitrogens is 2. The highest BCUT2D eigenvalue weighted by Gasteiger charge is 2.21. The van der Waals surface area contributed by atoms with E-state index in [-0.39, 0.29) is 16.9 Å². The number of carboxylic acids is 1. The summed E-state index contributed by atoms with van der Waals surface area (Å²) in [6.45, 7) is 0. The molecule has 0 saturated heterocycles. The smallest absolute Gasteiger partial charge is 0.337 e. The molecule has 1 aliphatic rings. The quantitative estimate of drug-likeness (QED) is 0.743. The zero-order valence-electron chi connectivity index (χ0n) is 13.8. The molecule has 0 bridgehead atoms. The molecule has 6 nitrogen and oxygen atoms in total. The maximum absolute atomic E-state index is 12.9. The molecule has 0 fully saturated rings. The fraction of sp³-hybridized carbons (Fsp3) is 0.150. The van der Waals surface area contributed by atoms with Gasteiger partial charge in [0.05, 0.1) is 11.3 Å². The van der Waals surface area contributed by atoms with Crippen LogP contribution in [0.3, 0.4) is 0 Å². The molecule has 26 heavy (non-hydrogen) atoms. The highest BCUT2D eigenvalue weighted by atomic mass is 16.4. The fourth-order valence-corrected chi connectivity index (χ4v) is 3.28. The monoisotopic (exact) mass is 348 g/mol. The van der Waals surface area contributed by atoms with Crippen LogP contribution in [0, 0.1) is 0 Å². The van der Waals surface area contributed by atoms with Gasteiger partial charge in [0, 0.05) is 11.8 Å². The minimum absolute atomic E-state index is 0.0528. The summed E-state index contributed by atoms with van der Waals surface area (Å²) in [7, 11) is 0. The van der Waals surface area contributed by atoms with Crippen LogP contribution < -0.4 is 5.56 Å². The zero-order valence-corrected chi connectivity index (χ0v) is 13.8. The van der Waals surface area contributed by atoms with Crippen molar-refractivity contribution in [2.75, 3.05) is 0 Å². The van der Waals surface area contributed by atoms with Crippen LogP contribution in [-0.4, -0.2) is 25.6 Å². The van der Waals surface area contributed by atoms with Gasteiger partial charge >= 0.3 is 5.97 Å². The molecule has 1 aliphatic carbocycles. The molecule has 3 aromatic rings.